The van der Waals surface area contributed by atoms with Crippen LogP contribution in [0.15, 0.2) is 24.5 Å². The summed E-state index contributed by atoms with van der Waals surface area (Å²) in [7, 11) is 3.44. The van der Waals surface area contributed by atoms with Gasteiger partial charge in [0.1, 0.15) is 0 Å². The Morgan fingerprint density at radius 2 is 2.17 bits per heavy atom. The van der Waals surface area contributed by atoms with E-state index in [1.807, 2.05) is 0 Å². The number of amides is 1. The number of aromatic nitrogens is 1. The minimum absolute atomic E-state index is 0. The first-order chi connectivity index (χ1) is 5.22. The Morgan fingerprint density at radius 1 is 1.50 bits per heavy atom. The third-order valence-electron chi connectivity index (χ3n) is 1.31. The van der Waals surface area contributed by atoms with Gasteiger partial charge < -0.3 is 4.90 Å². The quantitative estimate of drug-likeness (QED) is 0.567. The molecule has 0 aliphatic heterocycles. The zero-order valence-corrected chi connectivity index (χ0v) is 6.61. The predicted molar refractivity (Wildman–Crippen MR) is 49.4 cm³/mol. The van der Waals surface area contributed by atoms with E-state index in [1.165, 1.54) is 4.90 Å². The van der Waals surface area contributed by atoms with Gasteiger partial charge in [-0.25, -0.2) is 0 Å². The molecule has 4 heteroatoms. The van der Waals surface area contributed by atoms with E-state index in [9.17, 15) is 4.79 Å². The zero-order valence-electron chi connectivity index (χ0n) is 6.61. The molecule has 0 bridgehead atoms. The van der Waals surface area contributed by atoms with E-state index < -0.39 is 0 Å². The summed E-state index contributed by atoms with van der Waals surface area (Å²) in [4.78, 5) is 16.6. The van der Waals surface area contributed by atoms with Crippen LogP contribution in [0.2, 0.25) is 0 Å². The van der Waals surface area contributed by atoms with Crippen molar-refractivity contribution in [1.82, 2.24) is 9.88 Å². The van der Waals surface area contributed by atoms with Crippen molar-refractivity contribution >= 4 is 35.5 Å². The van der Waals surface area contributed by atoms with Crippen LogP contribution >= 0.6 is 0 Å². The molecule has 1 aromatic heterocycles. The molecule has 1 aromatic rings. The molecule has 60 valence electrons. The van der Waals surface area contributed by atoms with Gasteiger partial charge in [-0.2, -0.15) is 0 Å². The van der Waals surface area contributed by atoms with Crippen LogP contribution in [0.1, 0.15) is 10.4 Å². The Kier molecular flexibility index (Phi) is 5.13. The molecule has 12 heavy (non-hydrogen) atoms. The van der Waals surface area contributed by atoms with Crippen molar-refractivity contribution in [3.8, 4) is 0 Å². The van der Waals surface area contributed by atoms with Crippen LogP contribution in [0.25, 0.3) is 0 Å². The van der Waals surface area contributed by atoms with Gasteiger partial charge >= 0.3 is 29.6 Å². The van der Waals surface area contributed by atoms with Crippen molar-refractivity contribution in [2.75, 3.05) is 14.1 Å². The maximum atomic E-state index is 11.2. The summed E-state index contributed by atoms with van der Waals surface area (Å²) in [6, 6.07) is 3.49. The van der Waals surface area contributed by atoms with Crippen molar-refractivity contribution < 1.29 is 4.79 Å². The van der Waals surface area contributed by atoms with Crippen molar-refractivity contribution in [3.63, 3.8) is 0 Å². The van der Waals surface area contributed by atoms with Crippen LogP contribution < -0.4 is 0 Å². The van der Waals surface area contributed by atoms with E-state index in [1.54, 1.807) is 38.6 Å². The Labute approximate surface area is 94.1 Å². The maximum absolute atomic E-state index is 11.2. The molecule has 0 aliphatic carbocycles. The van der Waals surface area contributed by atoms with Gasteiger partial charge in [-0.15, -0.1) is 0 Å². The SMILES string of the molecule is CN(C)C(=O)c1cccnc1.[NaH]. The van der Waals surface area contributed by atoms with Gasteiger partial charge in [0, 0.05) is 26.5 Å². The molecule has 1 amide bonds. The average molecular weight is 174 g/mol. The molecule has 3 nitrogen and oxygen atoms in total. The fraction of sp³-hybridized carbons (Fsp3) is 0.250. The predicted octanol–water partition coefficient (Wildman–Crippen LogP) is 0.135. The summed E-state index contributed by atoms with van der Waals surface area (Å²) < 4.78 is 0. The van der Waals surface area contributed by atoms with Gasteiger partial charge in [0.05, 0.1) is 5.56 Å². The summed E-state index contributed by atoms with van der Waals surface area (Å²) in [5.41, 5.74) is 0.623. The van der Waals surface area contributed by atoms with Gasteiger partial charge in [0.2, 0.25) is 0 Å². The number of nitrogens with zero attached hydrogens (tertiary/aromatic N) is 2. The molecule has 0 aromatic carbocycles. The van der Waals surface area contributed by atoms with E-state index in [-0.39, 0.29) is 35.5 Å². The van der Waals surface area contributed by atoms with E-state index in [4.69, 9.17) is 0 Å². The summed E-state index contributed by atoms with van der Waals surface area (Å²) in [6.07, 6.45) is 3.20. The summed E-state index contributed by atoms with van der Waals surface area (Å²) in [5, 5.41) is 0. The van der Waals surface area contributed by atoms with Gasteiger partial charge in [0.25, 0.3) is 5.91 Å². The fourth-order valence-corrected chi connectivity index (χ4v) is 0.747. The van der Waals surface area contributed by atoms with Crippen molar-refractivity contribution in [1.29, 1.82) is 0 Å². The van der Waals surface area contributed by atoms with Gasteiger partial charge in [0.15, 0.2) is 0 Å². The normalized spacial score (nSPS) is 8.50. The third kappa shape index (κ3) is 2.93. The van der Waals surface area contributed by atoms with Crippen LogP contribution in [0, 0.1) is 0 Å². The second-order valence-electron chi connectivity index (χ2n) is 2.44. The van der Waals surface area contributed by atoms with E-state index in [0.29, 0.717) is 5.56 Å². The van der Waals surface area contributed by atoms with Crippen molar-refractivity contribution in [2.24, 2.45) is 0 Å². The van der Waals surface area contributed by atoms with E-state index >= 15 is 0 Å². The van der Waals surface area contributed by atoms with Crippen LogP contribution in [-0.2, 0) is 0 Å². The topological polar surface area (TPSA) is 33.2 Å². The van der Waals surface area contributed by atoms with E-state index in [0.717, 1.165) is 0 Å². The second-order valence-corrected chi connectivity index (χ2v) is 2.44. The number of pyridine rings is 1. The monoisotopic (exact) mass is 174 g/mol. The first kappa shape index (κ1) is 11.6. The second kappa shape index (κ2) is 5.30. The minimum atomic E-state index is -0.0156. The van der Waals surface area contributed by atoms with Gasteiger partial charge in [-0.1, -0.05) is 0 Å². The molecule has 1 rings (SSSR count). The zero-order chi connectivity index (χ0) is 8.27. The molecule has 0 saturated heterocycles. The first-order valence-electron chi connectivity index (χ1n) is 3.33. The Bertz CT molecular complexity index is 248. The number of hydrogen-bond acceptors (Lipinski definition) is 2. The molecular formula is C8H11N2NaO. The van der Waals surface area contributed by atoms with Crippen LogP contribution in [-0.4, -0.2) is 59.4 Å². The Balaban J connectivity index is 0.00000121. The first-order valence-corrected chi connectivity index (χ1v) is 3.33. The molecule has 0 unspecified atom stereocenters. The number of carbonyl (C=O) groups is 1. The molecule has 0 saturated carbocycles. The van der Waals surface area contributed by atoms with Crippen molar-refractivity contribution in [2.45, 2.75) is 0 Å². The average Bonchev–Trinajstić information content (AvgIpc) is 2.05. The number of rotatable bonds is 1. The summed E-state index contributed by atoms with van der Waals surface area (Å²) >= 11 is 0. The molecule has 0 atom stereocenters. The standard InChI is InChI=1S/C8H10N2O.Na.H/c1-10(2)8(11)7-4-3-5-9-6-7;;/h3-6H,1-2H3;;. The third-order valence-corrected chi connectivity index (χ3v) is 1.31. The molecule has 0 radical (unpaired) electrons. The van der Waals surface area contributed by atoms with Gasteiger partial charge in [-0.05, 0) is 12.1 Å². The van der Waals surface area contributed by atoms with E-state index in [2.05, 4.69) is 4.98 Å². The number of hydrogen-bond donors (Lipinski definition) is 0. The molecule has 0 N–H and O–H groups in total. The Hall–Kier alpha value is -0.380. The number of carbonyl (C=O) groups excluding carboxylic acids is 1. The summed E-state index contributed by atoms with van der Waals surface area (Å²) in [6.45, 7) is 0. The van der Waals surface area contributed by atoms with Gasteiger partial charge in [-0.3, -0.25) is 9.78 Å². The Morgan fingerprint density at radius 3 is 2.58 bits per heavy atom. The molecule has 0 spiro atoms. The molecule has 0 aliphatic rings. The molecule has 1 heterocycles. The van der Waals surface area contributed by atoms with Crippen molar-refractivity contribution in [3.05, 3.63) is 30.1 Å². The van der Waals surface area contributed by atoms with Crippen LogP contribution in [0.4, 0.5) is 0 Å². The molecule has 0 fully saturated rings. The summed E-state index contributed by atoms with van der Waals surface area (Å²) in [5.74, 6) is -0.0156. The van der Waals surface area contributed by atoms with Crippen LogP contribution in [0.5, 0.6) is 0 Å². The fourth-order valence-electron chi connectivity index (χ4n) is 0.747. The van der Waals surface area contributed by atoms with Crippen LogP contribution in [0.3, 0.4) is 0 Å². The molecular weight excluding hydrogens is 163 g/mol.